The molecule has 3 rings (SSSR count). The van der Waals surface area contributed by atoms with Crippen LogP contribution in [-0.4, -0.2) is 6.79 Å². The van der Waals surface area contributed by atoms with Crippen molar-refractivity contribution in [2.45, 2.75) is 38.5 Å². The molecule has 0 spiro atoms. The SMILES string of the molecule is c1cc2c(cc1CC1CCCCC1)OCO2. The molecule has 2 nitrogen and oxygen atoms in total. The Bertz CT molecular complexity index is 367. The van der Waals surface area contributed by atoms with Crippen molar-refractivity contribution in [3.8, 4) is 11.5 Å². The first-order chi connectivity index (χ1) is 7.92. The predicted molar refractivity (Wildman–Crippen MR) is 62.8 cm³/mol. The Balaban J connectivity index is 1.69. The summed E-state index contributed by atoms with van der Waals surface area (Å²) in [6, 6.07) is 6.37. The minimum Gasteiger partial charge on any atom is -0.454 e. The van der Waals surface area contributed by atoms with Gasteiger partial charge in [-0.3, -0.25) is 0 Å². The molecular weight excluding hydrogens is 200 g/mol. The van der Waals surface area contributed by atoms with Gasteiger partial charge in [-0.05, 0) is 30.0 Å². The third-order valence-corrected chi connectivity index (χ3v) is 3.69. The molecule has 0 unspecified atom stereocenters. The summed E-state index contributed by atoms with van der Waals surface area (Å²) in [5.74, 6) is 2.70. The number of fused-ring (bicyclic) bond motifs is 1. The molecule has 0 atom stereocenters. The van der Waals surface area contributed by atoms with E-state index in [0.29, 0.717) is 6.79 Å². The van der Waals surface area contributed by atoms with Crippen LogP contribution in [0, 0.1) is 5.92 Å². The van der Waals surface area contributed by atoms with E-state index < -0.39 is 0 Å². The summed E-state index contributed by atoms with van der Waals surface area (Å²) in [5, 5.41) is 0. The average Bonchev–Trinajstić information content (AvgIpc) is 2.77. The van der Waals surface area contributed by atoms with Gasteiger partial charge in [-0.25, -0.2) is 0 Å². The maximum Gasteiger partial charge on any atom is 0.231 e. The minimum atomic E-state index is 0.377. The highest BCUT2D eigenvalue weighted by Crippen LogP contribution is 2.34. The van der Waals surface area contributed by atoms with Crippen LogP contribution in [0.2, 0.25) is 0 Å². The van der Waals surface area contributed by atoms with E-state index in [1.807, 2.05) is 6.07 Å². The third kappa shape index (κ3) is 2.01. The normalized spacial score (nSPS) is 20.0. The first-order valence-electron chi connectivity index (χ1n) is 6.30. The Morgan fingerprint density at radius 2 is 1.81 bits per heavy atom. The topological polar surface area (TPSA) is 18.5 Å². The molecule has 1 fully saturated rings. The summed E-state index contributed by atoms with van der Waals surface area (Å²) < 4.78 is 10.7. The van der Waals surface area contributed by atoms with E-state index in [4.69, 9.17) is 9.47 Å². The second-order valence-electron chi connectivity index (χ2n) is 4.90. The molecular formula is C14H18O2. The van der Waals surface area contributed by atoms with Crippen molar-refractivity contribution in [2.24, 2.45) is 5.92 Å². The summed E-state index contributed by atoms with van der Waals surface area (Å²) in [4.78, 5) is 0. The Morgan fingerprint density at radius 3 is 2.69 bits per heavy atom. The molecule has 16 heavy (non-hydrogen) atoms. The number of benzene rings is 1. The molecule has 1 aromatic carbocycles. The van der Waals surface area contributed by atoms with Crippen molar-refractivity contribution in [1.29, 1.82) is 0 Å². The fourth-order valence-corrected chi connectivity index (χ4v) is 2.79. The minimum absolute atomic E-state index is 0.377. The highest BCUT2D eigenvalue weighted by molar-refractivity contribution is 5.44. The Hall–Kier alpha value is -1.18. The van der Waals surface area contributed by atoms with Crippen LogP contribution in [-0.2, 0) is 6.42 Å². The first kappa shape index (κ1) is 10.0. The van der Waals surface area contributed by atoms with Crippen molar-refractivity contribution < 1.29 is 9.47 Å². The number of rotatable bonds is 2. The van der Waals surface area contributed by atoms with Crippen molar-refractivity contribution in [2.75, 3.05) is 6.79 Å². The lowest BCUT2D eigenvalue weighted by atomic mass is 9.85. The summed E-state index contributed by atoms with van der Waals surface area (Å²) in [6.07, 6.45) is 8.25. The van der Waals surface area contributed by atoms with Crippen molar-refractivity contribution in [3.05, 3.63) is 23.8 Å². The Labute approximate surface area is 96.6 Å². The predicted octanol–water partition coefficient (Wildman–Crippen LogP) is 3.54. The molecule has 0 aromatic heterocycles. The highest BCUT2D eigenvalue weighted by Gasteiger charge is 2.17. The number of hydrogen-bond acceptors (Lipinski definition) is 2. The molecule has 0 bridgehead atoms. The van der Waals surface area contributed by atoms with Crippen LogP contribution in [0.5, 0.6) is 11.5 Å². The molecule has 0 N–H and O–H groups in total. The maximum absolute atomic E-state index is 5.41. The second kappa shape index (κ2) is 4.36. The molecule has 2 aliphatic rings. The summed E-state index contributed by atoms with van der Waals surface area (Å²) in [7, 11) is 0. The highest BCUT2D eigenvalue weighted by atomic mass is 16.7. The quantitative estimate of drug-likeness (QED) is 0.756. The lowest BCUT2D eigenvalue weighted by molar-refractivity contribution is 0.174. The lowest BCUT2D eigenvalue weighted by Crippen LogP contribution is -2.09. The molecule has 1 saturated carbocycles. The van der Waals surface area contributed by atoms with Gasteiger partial charge in [0.05, 0.1) is 0 Å². The number of ether oxygens (including phenoxy) is 2. The van der Waals surface area contributed by atoms with Crippen LogP contribution in [0.3, 0.4) is 0 Å². The van der Waals surface area contributed by atoms with Gasteiger partial charge in [0.2, 0.25) is 6.79 Å². The van der Waals surface area contributed by atoms with E-state index in [9.17, 15) is 0 Å². The Kier molecular flexibility index (Phi) is 2.73. The van der Waals surface area contributed by atoms with Gasteiger partial charge in [-0.15, -0.1) is 0 Å². The fourth-order valence-electron chi connectivity index (χ4n) is 2.79. The van der Waals surface area contributed by atoms with Crippen LogP contribution < -0.4 is 9.47 Å². The zero-order valence-corrected chi connectivity index (χ0v) is 9.58. The number of hydrogen-bond donors (Lipinski definition) is 0. The standard InChI is InChI=1S/C14H18O2/c1-2-4-11(5-3-1)8-12-6-7-13-14(9-12)16-10-15-13/h6-7,9,11H,1-5,8,10H2. The third-order valence-electron chi connectivity index (χ3n) is 3.69. The zero-order chi connectivity index (χ0) is 10.8. The fraction of sp³-hybridized carbons (Fsp3) is 0.571. The van der Waals surface area contributed by atoms with E-state index in [1.165, 1.54) is 44.1 Å². The second-order valence-corrected chi connectivity index (χ2v) is 4.90. The summed E-state index contributed by atoms with van der Waals surface area (Å²) in [6.45, 7) is 0.377. The van der Waals surface area contributed by atoms with Gasteiger partial charge in [0.15, 0.2) is 11.5 Å². The summed E-state index contributed by atoms with van der Waals surface area (Å²) in [5.41, 5.74) is 1.40. The van der Waals surface area contributed by atoms with Crippen LogP contribution in [0.15, 0.2) is 18.2 Å². The molecule has 86 valence electrons. The van der Waals surface area contributed by atoms with Gasteiger partial charge in [0, 0.05) is 0 Å². The molecule has 0 amide bonds. The maximum atomic E-state index is 5.41. The van der Waals surface area contributed by atoms with E-state index >= 15 is 0 Å². The van der Waals surface area contributed by atoms with Crippen LogP contribution in [0.1, 0.15) is 37.7 Å². The average molecular weight is 218 g/mol. The van der Waals surface area contributed by atoms with Crippen molar-refractivity contribution in [3.63, 3.8) is 0 Å². The van der Waals surface area contributed by atoms with E-state index in [-0.39, 0.29) is 0 Å². The van der Waals surface area contributed by atoms with Gasteiger partial charge in [-0.1, -0.05) is 38.2 Å². The van der Waals surface area contributed by atoms with E-state index in [1.54, 1.807) is 0 Å². The van der Waals surface area contributed by atoms with E-state index in [2.05, 4.69) is 12.1 Å². The van der Waals surface area contributed by atoms with Gasteiger partial charge in [0.25, 0.3) is 0 Å². The molecule has 1 aromatic rings. The smallest absolute Gasteiger partial charge is 0.231 e. The molecule has 1 aliphatic heterocycles. The summed E-state index contributed by atoms with van der Waals surface area (Å²) >= 11 is 0. The molecule has 1 heterocycles. The molecule has 2 heteroatoms. The van der Waals surface area contributed by atoms with Gasteiger partial charge in [0.1, 0.15) is 0 Å². The van der Waals surface area contributed by atoms with E-state index in [0.717, 1.165) is 17.4 Å². The van der Waals surface area contributed by atoms with Gasteiger partial charge < -0.3 is 9.47 Å². The monoisotopic (exact) mass is 218 g/mol. The van der Waals surface area contributed by atoms with Gasteiger partial charge >= 0.3 is 0 Å². The first-order valence-corrected chi connectivity index (χ1v) is 6.30. The van der Waals surface area contributed by atoms with Gasteiger partial charge in [-0.2, -0.15) is 0 Å². The zero-order valence-electron chi connectivity index (χ0n) is 9.58. The molecule has 1 aliphatic carbocycles. The lowest BCUT2D eigenvalue weighted by Gasteiger charge is -2.21. The molecule has 0 saturated heterocycles. The largest absolute Gasteiger partial charge is 0.454 e. The van der Waals surface area contributed by atoms with Crippen LogP contribution in [0.25, 0.3) is 0 Å². The van der Waals surface area contributed by atoms with Crippen LogP contribution >= 0.6 is 0 Å². The molecule has 0 radical (unpaired) electrons. The van der Waals surface area contributed by atoms with Crippen molar-refractivity contribution >= 4 is 0 Å². The van der Waals surface area contributed by atoms with Crippen LogP contribution in [0.4, 0.5) is 0 Å². The Morgan fingerprint density at radius 1 is 1.00 bits per heavy atom. The van der Waals surface area contributed by atoms with Crippen molar-refractivity contribution in [1.82, 2.24) is 0 Å².